The molecule has 1 unspecified atom stereocenters. The van der Waals surface area contributed by atoms with Crippen LogP contribution in [-0.4, -0.2) is 16.1 Å². The Labute approximate surface area is 137 Å². The maximum atomic E-state index is 12.7. The van der Waals surface area contributed by atoms with Gasteiger partial charge in [-0.25, -0.2) is 14.4 Å². The van der Waals surface area contributed by atoms with Crippen LogP contribution in [0.2, 0.25) is 0 Å². The summed E-state index contributed by atoms with van der Waals surface area (Å²) in [6, 6.07) is 8.13. The van der Waals surface area contributed by atoms with Gasteiger partial charge < -0.3 is 0 Å². The summed E-state index contributed by atoms with van der Waals surface area (Å²) in [5.74, 6) is 0.727. The molecule has 0 fully saturated rings. The van der Waals surface area contributed by atoms with Crippen molar-refractivity contribution >= 4 is 6.08 Å². The van der Waals surface area contributed by atoms with Gasteiger partial charge in [-0.1, -0.05) is 42.5 Å². The first-order valence-electron chi connectivity index (χ1n) is 8.02. The molecule has 0 amide bonds. The number of allylic oxidation sites excluding steroid dienone is 2. The lowest BCUT2D eigenvalue weighted by Gasteiger charge is -2.02. The van der Waals surface area contributed by atoms with Crippen LogP contribution in [0, 0.1) is 0 Å². The summed E-state index contributed by atoms with van der Waals surface area (Å²) >= 11 is 0. The van der Waals surface area contributed by atoms with Crippen LogP contribution in [0.1, 0.15) is 37.3 Å². The Balaban J connectivity index is 1.93. The molecule has 2 nitrogen and oxygen atoms in total. The van der Waals surface area contributed by atoms with Gasteiger partial charge in [0, 0.05) is 18.0 Å². The molecule has 1 atom stereocenters. The summed E-state index contributed by atoms with van der Waals surface area (Å²) in [5.41, 5.74) is 3.19. The fraction of sp³-hybridized carbons (Fsp3) is 0.300. The molecule has 0 aliphatic heterocycles. The first kappa shape index (κ1) is 17.1. The number of rotatable bonds is 8. The van der Waals surface area contributed by atoms with Crippen LogP contribution < -0.4 is 0 Å². The molecular formula is C20H23FN2. The van der Waals surface area contributed by atoms with Gasteiger partial charge in [-0.15, -0.1) is 6.58 Å². The summed E-state index contributed by atoms with van der Waals surface area (Å²) in [6.45, 7) is 5.32. The number of benzene rings is 1. The van der Waals surface area contributed by atoms with Crippen molar-refractivity contribution in [2.45, 2.75) is 38.8 Å². The van der Waals surface area contributed by atoms with Crippen molar-refractivity contribution in [3.8, 4) is 11.4 Å². The van der Waals surface area contributed by atoms with E-state index < -0.39 is 6.17 Å². The monoisotopic (exact) mass is 310 g/mol. The molecule has 3 heteroatoms. The minimum atomic E-state index is -0.708. The third kappa shape index (κ3) is 5.78. The number of aromatic nitrogens is 2. The number of halogens is 1. The van der Waals surface area contributed by atoms with Crippen molar-refractivity contribution in [1.29, 1.82) is 0 Å². The third-order valence-corrected chi connectivity index (χ3v) is 3.54. The van der Waals surface area contributed by atoms with Crippen LogP contribution in [0.4, 0.5) is 4.39 Å². The van der Waals surface area contributed by atoms with Crippen LogP contribution in [-0.2, 0) is 6.42 Å². The molecule has 2 rings (SSSR count). The fourth-order valence-corrected chi connectivity index (χ4v) is 2.26. The summed E-state index contributed by atoms with van der Waals surface area (Å²) in [6.07, 6.45) is 12.2. The van der Waals surface area contributed by atoms with Crippen molar-refractivity contribution < 1.29 is 4.39 Å². The summed E-state index contributed by atoms with van der Waals surface area (Å²) in [7, 11) is 0. The van der Waals surface area contributed by atoms with Crippen LogP contribution in [0.3, 0.4) is 0 Å². The molecule has 0 saturated heterocycles. The maximum Gasteiger partial charge on any atom is 0.159 e. The van der Waals surface area contributed by atoms with E-state index >= 15 is 0 Å². The van der Waals surface area contributed by atoms with Crippen molar-refractivity contribution in [3.05, 3.63) is 66.5 Å². The number of hydrogen-bond acceptors (Lipinski definition) is 2. The summed E-state index contributed by atoms with van der Waals surface area (Å²) in [4.78, 5) is 8.78. The lowest BCUT2D eigenvalue weighted by Crippen LogP contribution is -1.91. The second-order valence-electron chi connectivity index (χ2n) is 5.64. The highest BCUT2D eigenvalue weighted by Crippen LogP contribution is 2.16. The molecule has 0 radical (unpaired) electrons. The average molecular weight is 310 g/mol. The van der Waals surface area contributed by atoms with Crippen LogP contribution in [0.15, 0.2) is 55.4 Å². The van der Waals surface area contributed by atoms with E-state index in [1.807, 2.05) is 42.7 Å². The normalized spacial score (nSPS) is 12.4. The molecule has 2 aromatic rings. The third-order valence-electron chi connectivity index (χ3n) is 3.54. The predicted octanol–water partition coefficient (Wildman–Crippen LogP) is 5.41. The molecule has 0 bridgehead atoms. The zero-order valence-corrected chi connectivity index (χ0v) is 13.6. The van der Waals surface area contributed by atoms with E-state index in [0.717, 1.165) is 41.8 Å². The average Bonchev–Trinajstić information content (AvgIpc) is 2.56. The highest BCUT2D eigenvalue weighted by Gasteiger charge is 2.01. The molecule has 1 aromatic heterocycles. The van der Waals surface area contributed by atoms with E-state index in [1.54, 1.807) is 6.92 Å². The highest BCUT2D eigenvalue weighted by molar-refractivity contribution is 5.59. The largest absolute Gasteiger partial charge is 0.248 e. The van der Waals surface area contributed by atoms with Crippen LogP contribution in [0.5, 0.6) is 0 Å². The van der Waals surface area contributed by atoms with Gasteiger partial charge in [0.1, 0.15) is 0 Å². The number of nitrogens with zero attached hydrogens (tertiary/aromatic N) is 2. The minimum absolute atomic E-state index is 0.627. The van der Waals surface area contributed by atoms with Gasteiger partial charge in [-0.3, -0.25) is 0 Å². The molecule has 0 spiro atoms. The van der Waals surface area contributed by atoms with Gasteiger partial charge in [-0.05, 0) is 43.7 Å². The van der Waals surface area contributed by atoms with E-state index in [2.05, 4.69) is 28.7 Å². The molecule has 1 heterocycles. The van der Waals surface area contributed by atoms with Crippen molar-refractivity contribution in [2.75, 3.05) is 0 Å². The van der Waals surface area contributed by atoms with E-state index in [1.165, 1.54) is 0 Å². The zero-order valence-electron chi connectivity index (χ0n) is 13.6. The highest BCUT2D eigenvalue weighted by atomic mass is 19.1. The second kappa shape index (κ2) is 8.99. The number of hydrogen-bond donors (Lipinski definition) is 0. The predicted molar refractivity (Wildman–Crippen MR) is 94.8 cm³/mol. The van der Waals surface area contributed by atoms with Gasteiger partial charge in [0.25, 0.3) is 0 Å². The first-order chi connectivity index (χ1) is 11.2. The molecule has 1 aromatic carbocycles. The van der Waals surface area contributed by atoms with Gasteiger partial charge in [0.05, 0.1) is 6.17 Å². The Kier molecular flexibility index (Phi) is 6.67. The van der Waals surface area contributed by atoms with Gasteiger partial charge in [0.15, 0.2) is 5.82 Å². The van der Waals surface area contributed by atoms with Crippen molar-refractivity contribution in [1.82, 2.24) is 9.97 Å². The lowest BCUT2D eigenvalue weighted by atomic mass is 10.1. The first-order valence-corrected chi connectivity index (χ1v) is 8.02. The Morgan fingerprint density at radius 1 is 1.17 bits per heavy atom. The quantitative estimate of drug-likeness (QED) is 0.481. The van der Waals surface area contributed by atoms with Gasteiger partial charge in [0.2, 0.25) is 0 Å². The molecule has 0 aliphatic carbocycles. The second-order valence-corrected chi connectivity index (χ2v) is 5.64. The molecule has 0 saturated carbocycles. The minimum Gasteiger partial charge on any atom is -0.248 e. The molecule has 120 valence electrons. The fourth-order valence-electron chi connectivity index (χ4n) is 2.26. The Bertz CT molecular complexity index is 628. The van der Waals surface area contributed by atoms with Crippen LogP contribution in [0.25, 0.3) is 17.5 Å². The molecule has 0 aliphatic rings. The topological polar surface area (TPSA) is 25.8 Å². The van der Waals surface area contributed by atoms with Gasteiger partial charge in [-0.2, -0.15) is 0 Å². The molecular weight excluding hydrogens is 287 g/mol. The Morgan fingerprint density at radius 3 is 2.48 bits per heavy atom. The van der Waals surface area contributed by atoms with Crippen molar-refractivity contribution in [3.63, 3.8) is 0 Å². The standard InChI is InChI=1S/C20H23FN2/c1-3-7-18-14-22-20(23-15-18)19-12-10-17(11-13-19)9-6-4-5-8-16(2)21/h3,6,9-16H,1,4-5,7-8H2,2H3. The summed E-state index contributed by atoms with van der Waals surface area (Å²) in [5, 5.41) is 0. The van der Waals surface area contributed by atoms with Gasteiger partial charge >= 0.3 is 0 Å². The van der Waals surface area contributed by atoms with E-state index in [4.69, 9.17) is 0 Å². The number of unbranched alkanes of at least 4 members (excludes halogenated alkanes) is 1. The smallest absolute Gasteiger partial charge is 0.159 e. The summed E-state index contributed by atoms with van der Waals surface area (Å²) < 4.78 is 12.7. The zero-order chi connectivity index (χ0) is 16.5. The molecule has 0 N–H and O–H groups in total. The van der Waals surface area contributed by atoms with Crippen LogP contribution >= 0.6 is 0 Å². The SMILES string of the molecule is C=CCc1cnc(-c2ccc(C=CCCCC(C)F)cc2)nc1. The Hall–Kier alpha value is -2.29. The van der Waals surface area contributed by atoms with E-state index in [9.17, 15) is 4.39 Å². The maximum absolute atomic E-state index is 12.7. The van der Waals surface area contributed by atoms with Crippen molar-refractivity contribution in [2.24, 2.45) is 0 Å². The molecule has 23 heavy (non-hydrogen) atoms. The number of alkyl halides is 1. The lowest BCUT2D eigenvalue weighted by molar-refractivity contribution is 0.335. The van der Waals surface area contributed by atoms with E-state index in [0.29, 0.717) is 6.42 Å². The Morgan fingerprint density at radius 2 is 1.87 bits per heavy atom. The van der Waals surface area contributed by atoms with E-state index in [-0.39, 0.29) is 0 Å².